The van der Waals surface area contributed by atoms with Crippen molar-refractivity contribution in [1.82, 2.24) is 20.4 Å². The molecular formula is C23H37N5O4. The molecule has 0 saturated carbocycles. The van der Waals surface area contributed by atoms with Crippen LogP contribution in [0.2, 0.25) is 0 Å². The largest absolute Gasteiger partial charge is 0.497 e. The van der Waals surface area contributed by atoms with Crippen LogP contribution in [-0.2, 0) is 14.3 Å². The topological polar surface area (TPSA) is 87.7 Å². The number of guanidine groups is 1. The lowest BCUT2D eigenvalue weighted by Gasteiger charge is -2.35. The second kappa shape index (κ2) is 12.6. The second-order valence-corrected chi connectivity index (χ2v) is 8.38. The average Bonchev–Trinajstić information content (AvgIpc) is 3.35. The Morgan fingerprint density at radius 3 is 2.56 bits per heavy atom. The molecule has 0 bridgehead atoms. The summed E-state index contributed by atoms with van der Waals surface area (Å²) >= 11 is 0. The highest BCUT2D eigenvalue weighted by molar-refractivity contribution is 5.84. The van der Waals surface area contributed by atoms with E-state index < -0.39 is 0 Å². The zero-order valence-electron chi connectivity index (χ0n) is 19.5. The number of aliphatic imine (C=N–C) groups is 1. The minimum atomic E-state index is -0.0322. The molecule has 2 aliphatic rings. The van der Waals surface area contributed by atoms with Crippen molar-refractivity contribution in [1.29, 1.82) is 0 Å². The van der Waals surface area contributed by atoms with E-state index in [1.54, 1.807) is 26.1 Å². The van der Waals surface area contributed by atoms with E-state index >= 15 is 0 Å². The Morgan fingerprint density at radius 1 is 1.19 bits per heavy atom. The number of amides is 1. The van der Waals surface area contributed by atoms with Crippen molar-refractivity contribution in [3.63, 3.8) is 0 Å². The van der Waals surface area contributed by atoms with Gasteiger partial charge in [0.25, 0.3) is 0 Å². The van der Waals surface area contributed by atoms with Crippen LogP contribution in [0.3, 0.4) is 0 Å². The summed E-state index contributed by atoms with van der Waals surface area (Å²) in [6.07, 6.45) is 1.04. The first kappa shape index (κ1) is 24.3. The molecule has 1 aromatic rings. The number of likely N-dealkylation sites (N-methyl/N-ethyl adjacent to an activating group) is 1. The lowest BCUT2D eigenvalue weighted by molar-refractivity contribution is -0.127. The summed E-state index contributed by atoms with van der Waals surface area (Å²) in [6, 6.07) is 8.35. The molecule has 0 aliphatic carbocycles. The summed E-state index contributed by atoms with van der Waals surface area (Å²) in [6.45, 7) is 6.31. The molecule has 2 aliphatic heterocycles. The van der Waals surface area contributed by atoms with Gasteiger partial charge < -0.3 is 29.7 Å². The fourth-order valence-corrected chi connectivity index (χ4v) is 3.81. The molecule has 1 amide bonds. The first-order chi connectivity index (χ1) is 15.6. The van der Waals surface area contributed by atoms with Crippen LogP contribution in [0.5, 0.6) is 5.75 Å². The van der Waals surface area contributed by atoms with E-state index in [1.807, 2.05) is 12.1 Å². The number of ether oxygens (including phenoxy) is 3. The van der Waals surface area contributed by atoms with Crippen LogP contribution in [0.15, 0.2) is 29.3 Å². The summed E-state index contributed by atoms with van der Waals surface area (Å²) in [5, 5.41) is 6.88. The molecule has 178 valence electrons. The molecule has 9 nitrogen and oxygen atoms in total. The fourth-order valence-electron chi connectivity index (χ4n) is 3.81. The predicted octanol–water partition coefficient (Wildman–Crippen LogP) is 0.728. The third-order valence-electron chi connectivity index (χ3n) is 5.90. The maximum Gasteiger partial charge on any atom is 0.243 e. The molecule has 2 fully saturated rings. The van der Waals surface area contributed by atoms with Crippen molar-refractivity contribution in [2.24, 2.45) is 10.9 Å². The molecule has 2 atom stereocenters. The van der Waals surface area contributed by atoms with Gasteiger partial charge in [0.2, 0.25) is 5.91 Å². The van der Waals surface area contributed by atoms with Gasteiger partial charge in [0.15, 0.2) is 5.96 Å². The van der Waals surface area contributed by atoms with Crippen molar-refractivity contribution in [2.45, 2.75) is 12.5 Å². The quantitative estimate of drug-likeness (QED) is 0.426. The predicted molar refractivity (Wildman–Crippen MR) is 124 cm³/mol. The number of benzene rings is 1. The van der Waals surface area contributed by atoms with Gasteiger partial charge in [-0.3, -0.25) is 9.69 Å². The number of nitrogens with zero attached hydrogens (tertiary/aromatic N) is 3. The fraction of sp³-hybridized carbons (Fsp3) is 0.652. The Balaban J connectivity index is 1.69. The second-order valence-electron chi connectivity index (χ2n) is 8.38. The number of hydrogen-bond donors (Lipinski definition) is 2. The number of nitrogens with one attached hydrogen (secondary N) is 2. The summed E-state index contributed by atoms with van der Waals surface area (Å²) in [7, 11) is 5.16. The van der Waals surface area contributed by atoms with Crippen molar-refractivity contribution < 1.29 is 19.0 Å². The normalized spacial score (nSPS) is 20.6. The lowest BCUT2D eigenvalue weighted by atomic mass is 10.0. The van der Waals surface area contributed by atoms with Gasteiger partial charge in [0.1, 0.15) is 12.3 Å². The molecule has 0 radical (unpaired) electrons. The van der Waals surface area contributed by atoms with E-state index in [-0.39, 0.29) is 18.5 Å². The number of rotatable bonds is 9. The van der Waals surface area contributed by atoms with Crippen molar-refractivity contribution in [3.05, 3.63) is 29.8 Å². The summed E-state index contributed by atoms with van der Waals surface area (Å²) in [4.78, 5) is 20.6. The van der Waals surface area contributed by atoms with Gasteiger partial charge in [-0.25, -0.2) is 4.99 Å². The van der Waals surface area contributed by atoms with Gasteiger partial charge in [-0.05, 0) is 24.1 Å². The maximum absolute atomic E-state index is 12.1. The third kappa shape index (κ3) is 7.36. The van der Waals surface area contributed by atoms with Gasteiger partial charge in [-0.15, -0.1) is 0 Å². The van der Waals surface area contributed by atoms with Crippen LogP contribution in [0.4, 0.5) is 0 Å². The minimum absolute atomic E-state index is 0.0322. The van der Waals surface area contributed by atoms with Gasteiger partial charge in [0.05, 0.1) is 33.0 Å². The van der Waals surface area contributed by atoms with Crippen LogP contribution in [0.1, 0.15) is 18.0 Å². The average molecular weight is 448 g/mol. The molecule has 2 unspecified atom stereocenters. The van der Waals surface area contributed by atoms with Crippen LogP contribution in [0, 0.1) is 5.92 Å². The Labute approximate surface area is 191 Å². The lowest BCUT2D eigenvalue weighted by Crippen LogP contribution is -2.47. The first-order valence-electron chi connectivity index (χ1n) is 11.3. The van der Waals surface area contributed by atoms with Crippen molar-refractivity contribution >= 4 is 11.9 Å². The molecule has 2 heterocycles. The Bertz CT molecular complexity index is 728. The zero-order valence-corrected chi connectivity index (χ0v) is 19.5. The Morgan fingerprint density at radius 2 is 1.94 bits per heavy atom. The standard InChI is InChI=1S/C23H37N5O4/c1-27(2)22(29)16-26-23(24-14-18-8-11-32-17-18)25-15-21(28-9-12-31-13-10-28)19-4-6-20(30-3)7-5-19/h4-7,18,21H,8-17H2,1-3H3,(H2,24,25,26). The van der Waals surface area contributed by atoms with Gasteiger partial charge >= 0.3 is 0 Å². The minimum Gasteiger partial charge on any atom is -0.497 e. The van der Waals surface area contributed by atoms with Gasteiger partial charge in [-0.1, -0.05) is 12.1 Å². The number of morpholine rings is 1. The van der Waals surface area contributed by atoms with Crippen LogP contribution < -0.4 is 15.4 Å². The van der Waals surface area contributed by atoms with Crippen LogP contribution in [0.25, 0.3) is 0 Å². The first-order valence-corrected chi connectivity index (χ1v) is 11.3. The monoisotopic (exact) mass is 447 g/mol. The number of carbonyl (C=O) groups is 1. The molecule has 32 heavy (non-hydrogen) atoms. The molecule has 0 spiro atoms. The van der Waals surface area contributed by atoms with Gasteiger partial charge in [0, 0.05) is 52.8 Å². The smallest absolute Gasteiger partial charge is 0.243 e. The van der Waals surface area contributed by atoms with E-state index in [0.29, 0.717) is 18.4 Å². The highest BCUT2D eigenvalue weighted by Crippen LogP contribution is 2.23. The van der Waals surface area contributed by atoms with Crippen LogP contribution in [-0.4, -0.2) is 102 Å². The number of carbonyl (C=O) groups excluding carboxylic acids is 1. The number of hydrogen-bond acceptors (Lipinski definition) is 6. The highest BCUT2D eigenvalue weighted by atomic mass is 16.5. The SMILES string of the molecule is COc1ccc(C(CNC(=NCC(=O)N(C)C)NCC2CCOC2)N2CCOCC2)cc1. The summed E-state index contributed by atoms with van der Waals surface area (Å²) in [5.74, 6) is 1.92. The summed E-state index contributed by atoms with van der Waals surface area (Å²) in [5.41, 5.74) is 1.20. The molecule has 3 rings (SSSR count). The molecule has 1 aromatic carbocycles. The molecule has 2 saturated heterocycles. The van der Waals surface area contributed by atoms with Crippen molar-refractivity contribution in [2.75, 3.05) is 80.4 Å². The third-order valence-corrected chi connectivity index (χ3v) is 5.90. The van der Waals surface area contributed by atoms with E-state index in [2.05, 4.69) is 32.7 Å². The van der Waals surface area contributed by atoms with E-state index in [0.717, 1.165) is 58.2 Å². The molecule has 9 heteroatoms. The van der Waals surface area contributed by atoms with E-state index in [1.165, 1.54) is 5.56 Å². The van der Waals surface area contributed by atoms with Crippen molar-refractivity contribution in [3.8, 4) is 5.75 Å². The van der Waals surface area contributed by atoms with E-state index in [4.69, 9.17) is 14.2 Å². The Hall–Kier alpha value is -2.36. The summed E-state index contributed by atoms with van der Waals surface area (Å²) < 4.78 is 16.4. The number of methoxy groups -OCH3 is 1. The van der Waals surface area contributed by atoms with E-state index in [9.17, 15) is 4.79 Å². The van der Waals surface area contributed by atoms with Gasteiger partial charge in [-0.2, -0.15) is 0 Å². The Kier molecular flexibility index (Phi) is 9.58. The molecule has 0 aromatic heterocycles. The van der Waals surface area contributed by atoms with Crippen LogP contribution >= 0.6 is 0 Å². The maximum atomic E-state index is 12.1. The highest BCUT2D eigenvalue weighted by Gasteiger charge is 2.23. The molecular weight excluding hydrogens is 410 g/mol. The molecule has 2 N–H and O–H groups in total. The zero-order chi connectivity index (χ0) is 22.8.